The summed E-state index contributed by atoms with van der Waals surface area (Å²) in [5.74, 6) is -1.02. The molecule has 0 rings (SSSR count). The minimum absolute atomic E-state index is 0.102. The van der Waals surface area contributed by atoms with Crippen LogP contribution in [0.3, 0.4) is 0 Å². The number of hydrogen-bond acceptors (Lipinski definition) is 6. The summed E-state index contributed by atoms with van der Waals surface area (Å²) in [6.45, 7) is 6.49. The van der Waals surface area contributed by atoms with Crippen molar-refractivity contribution < 1.29 is 28.6 Å². The van der Waals surface area contributed by atoms with Crippen LogP contribution in [0.4, 0.5) is 0 Å². The molecule has 0 aliphatic rings. The zero-order valence-corrected chi connectivity index (χ0v) is 46.5. The van der Waals surface area contributed by atoms with Crippen LogP contribution in [0, 0.1) is 0 Å². The van der Waals surface area contributed by atoms with Crippen molar-refractivity contribution in [2.45, 2.75) is 316 Å². The van der Waals surface area contributed by atoms with Gasteiger partial charge in [-0.2, -0.15) is 0 Å². The van der Waals surface area contributed by atoms with Crippen molar-refractivity contribution in [3.8, 4) is 0 Å². The number of rotatable bonds is 55. The van der Waals surface area contributed by atoms with E-state index in [0.717, 1.165) is 70.6 Å². The SMILES string of the molecule is CC/C=C\C/C=C\C/C=C\C/C=C\C/C=C\CC(=O)OC(COC(=O)CCCCCCCCCCCCCCCCC)COC(=O)CCCCCCCCCCCCCCCCCCCCCCCC. The van der Waals surface area contributed by atoms with Crippen LogP contribution in [-0.4, -0.2) is 37.2 Å². The first kappa shape index (κ1) is 67.1. The van der Waals surface area contributed by atoms with E-state index < -0.39 is 12.1 Å². The van der Waals surface area contributed by atoms with Gasteiger partial charge in [0.05, 0.1) is 6.42 Å². The van der Waals surface area contributed by atoms with Crippen LogP contribution < -0.4 is 0 Å². The summed E-state index contributed by atoms with van der Waals surface area (Å²) in [5.41, 5.74) is 0. The van der Waals surface area contributed by atoms with E-state index in [2.05, 4.69) is 69.4 Å². The predicted molar refractivity (Wildman–Crippen MR) is 302 cm³/mol. The second-order valence-electron chi connectivity index (χ2n) is 20.3. The van der Waals surface area contributed by atoms with Crippen molar-refractivity contribution >= 4 is 17.9 Å². The van der Waals surface area contributed by atoms with Gasteiger partial charge in [0, 0.05) is 12.8 Å². The van der Waals surface area contributed by atoms with Crippen molar-refractivity contribution in [1.82, 2.24) is 0 Å². The van der Waals surface area contributed by atoms with Crippen LogP contribution >= 0.6 is 0 Å². The fourth-order valence-corrected chi connectivity index (χ4v) is 8.82. The second-order valence-corrected chi connectivity index (χ2v) is 20.3. The minimum Gasteiger partial charge on any atom is -0.462 e. The highest BCUT2D eigenvalue weighted by Crippen LogP contribution is 2.17. The number of ether oxygens (including phenoxy) is 3. The third-order valence-corrected chi connectivity index (χ3v) is 13.3. The van der Waals surface area contributed by atoms with Gasteiger partial charge < -0.3 is 14.2 Å². The number of hydrogen-bond donors (Lipinski definition) is 0. The van der Waals surface area contributed by atoms with Crippen molar-refractivity contribution in [2.24, 2.45) is 0 Å². The summed E-state index contributed by atoms with van der Waals surface area (Å²) in [6.07, 6.45) is 74.0. The lowest BCUT2D eigenvalue weighted by Crippen LogP contribution is -2.30. The van der Waals surface area contributed by atoms with Crippen molar-refractivity contribution in [3.63, 3.8) is 0 Å². The molecule has 0 aliphatic heterocycles. The van der Waals surface area contributed by atoms with Gasteiger partial charge in [0.25, 0.3) is 0 Å². The molecule has 0 N–H and O–H groups in total. The number of carbonyl (C=O) groups is 3. The summed E-state index contributed by atoms with van der Waals surface area (Å²) in [6, 6.07) is 0. The van der Waals surface area contributed by atoms with Crippen LogP contribution in [0.25, 0.3) is 0 Å². The van der Waals surface area contributed by atoms with Gasteiger partial charge in [-0.25, -0.2) is 0 Å². The van der Waals surface area contributed by atoms with Gasteiger partial charge >= 0.3 is 17.9 Å². The Labute approximate surface area is 434 Å². The Morgan fingerprint density at radius 3 is 0.814 bits per heavy atom. The van der Waals surface area contributed by atoms with Crippen LogP contribution in [0.2, 0.25) is 0 Å². The summed E-state index contributed by atoms with van der Waals surface area (Å²) in [7, 11) is 0. The fourth-order valence-electron chi connectivity index (χ4n) is 8.82. The largest absolute Gasteiger partial charge is 0.462 e. The molecule has 6 nitrogen and oxygen atoms in total. The normalized spacial score (nSPS) is 12.4. The Kier molecular flexibility index (Phi) is 56.3. The number of esters is 3. The van der Waals surface area contributed by atoms with E-state index in [1.807, 2.05) is 6.08 Å². The Hall–Kier alpha value is -2.89. The topological polar surface area (TPSA) is 78.9 Å². The fraction of sp³-hybridized carbons (Fsp3) is 0.797. The molecule has 1 atom stereocenters. The van der Waals surface area contributed by atoms with E-state index in [9.17, 15) is 14.4 Å². The molecule has 0 aromatic rings. The zero-order valence-electron chi connectivity index (χ0n) is 46.5. The lowest BCUT2D eigenvalue weighted by Gasteiger charge is -2.18. The zero-order chi connectivity index (χ0) is 50.7. The van der Waals surface area contributed by atoms with Gasteiger partial charge in [0.15, 0.2) is 6.10 Å². The molecule has 0 saturated carbocycles. The maximum Gasteiger partial charge on any atom is 0.310 e. The summed E-state index contributed by atoms with van der Waals surface area (Å²) < 4.78 is 16.8. The number of carbonyl (C=O) groups excluding carboxylic acids is 3. The van der Waals surface area contributed by atoms with E-state index in [1.54, 1.807) is 6.08 Å². The molecule has 0 heterocycles. The third kappa shape index (κ3) is 56.0. The Morgan fingerprint density at radius 2 is 0.543 bits per heavy atom. The molecule has 0 spiro atoms. The average Bonchev–Trinajstić information content (AvgIpc) is 3.36. The monoisotopic (exact) mass is 979 g/mol. The molecule has 0 aliphatic carbocycles. The average molecular weight is 980 g/mol. The maximum absolute atomic E-state index is 12.8. The van der Waals surface area contributed by atoms with E-state index in [1.165, 1.54) is 199 Å². The molecule has 0 radical (unpaired) electrons. The van der Waals surface area contributed by atoms with Gasteiger partial charge in [-0.3, -0.25) is 14.4 Å². The first-order chi connectivity index (χ1) is 34.5. The van der Waals surface area contributed by atoms with Crippen LogP contribution in [-0.2, 0) is 28.6 Å². The quantitative estimate of drug-likeness (QED) is 0.0261. The van der Waals surface area contributed by atoms with Crippen molar-refractivity contribution in [3.05, 3.63) is 60.8 Å². The highest BCUT2D eigenvalue weighted by Gasteiger charge is 2.19. The first-order valence-corrected chi connectivity index (χ1v) is 30.3. The highest BCUT2D eigenvalue weighted by molar-refractivity contribution is 5.72. The maximum atomic E-state index is 12.8. The molecule has 0 aromatic heterocycles. The van der Waals surface area contributed by atoms with Crippen LogP contribution in [0.5, 0.6) is 0 Å². The standard InChI is InChI=1S/C64H114O6/c1-4-7-10-13-16-19-22-25-28-29-30-31-32-33-34-37-39-42-45-48-51-54-57-63(66)69-60-61(70-64(67)58-55-52-49-46-43-40-36-27-24-21-18-15-12-9-6-3)59-68-62(65)56-53-50-47-44-41-38-35-26-23-20-17-14-11-8-5-2/h9,12,18,21,27,36,43,46,52,55,61H,4-8,10-11,13-17,19-20,22-26,28-35,37-42,44-45,47-51,53-54,56-60H2,1-3H3/b12-9-,21-18-,36-27-,46-43-,55-52-. The number of allylic oxidation sites excluding steroid dienone is 9. The van der Waals surface area contributed by atoms with Crippen molar-refractivity contribution in [1.29, 1.82) is 0 Å². The molecular formula is C64H114O6. The Balaban J connectivity index is 4.36. The summed E-state index contributed by atoms with van der Waals surface area (Å²) in [4.78, 5) is 38.1. The molecule has 1 unspecified atom stereocenters. The molecule has 0 bridgehead atoms. The summed E-state index contributed by atoms with van der Waals surface area (Å²) in [5, 5.41) is 0. The molecule has 6 heteroatoms. The van der Waals surface area contributed by atoms with Gasteiger partial charge in [-0.05, 0) is 44.9 Å². The Bertz CT molecular complexity index is 1260. The Morgan fingerprint density at radius 1 is 0.300 bits per heavy atom. The molecular weight excluding hydrogens is 865 g/mol. The second kappa shape index (κ2) is 58.7. The lowest BCUT2D eigenvalue weighted by atomic mass is 10.0. The smallest absolute Gasteiger partial charge is 0.310 e. The molecule has 0 aromatic carbocycles. The lowest BCUT2D eigenvalue weighted by molar-refractivity contribution is -0.166. The van der Waals surface area contributed by atoms with E-state index in [0.29, 0.717) is 12.8 Å². The molecule has 0 amide bonds. The van der Waals surface area contributed by atoms with Gasteiger partial charge in [0.2, 0.25) is 0 Å². The molecule has 0 saturated heterocycles. The van der Waals surface area contributed by atoms with Crippen molar-refractivity contribution in [2.75, 3.05) is 13.2 Å². The highest BCUT2D eigenvalue weighted by atomic mass is 16.6. The molecule has 0 fully saturated rings. The van der Waals surface area contributed by atoms with Crippen LogP contribution in [0.1, 0.15) is 310 Å². The van der Waals surface area contributed by atoms with E-state index >= 15 is 0 Å². The number of unbranched alkanes of at least 4 members (excludes halogenated alkanes) is 35. The third-order valence-electron chi connectivity index (χ3n) is 13.3. The van der Waals surface area contributed by atoms with E-state index in [4.69, 9.17) is 14.2 Å². The summed E-state index contributed by atoms with van der Waals surface area (Å²) >= 11 is 0. The van der Waals surface area contributed by atoms with Gasteiger partial charge in [0.1, 0.15) is 13.2 Å². The minimum atomic E-state index is -0.825. The molecule has 406 valence electrons. The van der Waals surface area contributed by atoms with Crippen LogP contribution in [0.15, 0.2) is 60.8 Å². The van der Waals surface area contributed by atoms with E-state index in [-0.39, 0.29) is 31.6 Å². The predicted octanol–water partition coefficient (Wildman–Crippen LogP) is 20.4. The van der Waals surface area contributed by atoms with Gasteiger partial charge in [-0.1, -0.05) is 306 Å². The van der Waals surface area contributed by atoms with Gasteiger partial charge in [-0.15, -0.1) is 0 Å². The molecule has 70 heavy (non-hydrogen) atoms. The first-order valence-electron chi connectivity index (χ1n) is 30.3.